The van der Waals surface area contributed by atoms with Crippen LogP contribution in [0.3, 0.4) is 0 Å². The minimum atomic E-state index is -1.13. The monoisotopic (exact) mass is 391 g/mol. The molecule has 1 aliphatic heterocycles. The van der Waals surface area contributed by atoms with E-state index in [0.717, 1.165) is 52.9 Å². The third kappa shape index (κ3) is 3.60. The fourth-order valence-electron chi connectivity index (χ4n) is 3.65. The van der Waals surface area contributed by atoms with Crippen LogP contribution in [0.4, 0.5) is 11.4 Å². The Bertz CT molecular complexity index is 1000. The van der Waals surface area contributed by atoms with Gasteiger partial charge in [-0.05, 0) is 68.3 Å². The second-order valence-electron chi connectivity index (χ2n) is 7.09. The van der Waals surface area contributed by atoms with Gasteiger partial charge in [-0.1, -0.05) is 24.3 Å². The molecule has 2 heterocycles. The molecule has 28 heavy (non-hydrogen) atoms. The molecule has 0 saturated heterocycles. The Morgan fingerprint density at radius 3 is 2.64 bits per heavy atom. The van der Waals surface area contributed by atoms with Crippen molar-refractivity contribution in [2.24, 2.45) is 0 Å². The molecule has 4 nitrogen and oxygen atoms in total. The molecule has 0 amide bonds. The predicted octanol–water partition coefficient (Wildman–Crippen LogP) is 4.50. The van der Waals surface area contributed by atoms with Gasteiger partial charge in [0, 0.05) is 19.3 Å². The number of benzene rings is 2. The van der Waals surface area contributed by atoms with Gasteiger partial charge in [-0.3, -0.25) is 4.98 Å². The number of fused-ring (bicyclic) bond motifs is 2. The van der Waals surface area contributed by atoms with E-state index in [0.29, 0.717) is 0 Å². The molecule has 0 spiro atoms. The number of anilines is 2. The SMILES string of the molecule is Cc1ccc2c(c1C)N(CCCNCc1ccccn1)c1ccccc1S2=O. The Balaban J connectivity index is 1.53. The van der Waals surface area contributed by atoms with Crippen molar-refractivity contribution in [3.63, 3.8) is 0 Å². The van der Waals surface area contributed by atoms with E-state index in [1.807, 2.05) is 48.7 Å². The number of rotatable bonds is 6. The molecule has 0 radical (unpaired) electrons. The third-order valence-corrected chi connectivity index (χ3v) is 6.73. The van der Waals surface area contributed by atoms with Crippen LogP contribution in [0.15, 0.2) is 70.6 Å². The maximum Gasteiger partial charge on any atom is 0.0892 e. The van der Waals surface area contributed by atoms with Crippen LogP contribution in [-0.4, -0.2) is 22.3 Å². The van der Waals surface area contributed by atoms with Gasteiger partial charge >= 0.3 is 0 Å². The highest BCUT2D eigenvalue weighted by Crippen LogP contribution is 2.44. The highest BCUT2D eigenvalue weighted by molar-refractivity contribution is 7.85. The van der Waals surface area contributed by atoms with Crippen molar-refractivity contribution in [1.82, 2.24) is 10.3 Å². The third-order valence-electron chi connectivity index (χ3n) is 5.26. The first-order valence-corrected chi connectivity index (χ1v) is 10.8. The van der Waals surface area contributed by atoms with Gasteiger partial charge in [0.2, 0.25) is 0 Å². The van der Waals surface area contributed by atoms with Crippen molar-refractivity contribution in [1.29, 1.82) is 0 Å². The molecule has 1 aromatic heterocycles. The topological polar surface area (TPSA) is 45.2 Å². The van der Waals surface area contributed by atoms with E-state index in [1.165, 1.54) is 11.1 Å². The van der Waals surface area contributed by atoms with Crippen LogP contribution in [0, 0.1) is 13.8 Å². The number of hydrogen-bond donors (Lipinski definition) is 1. The summed E-state index contributed by atoms with van der Waals surface area (Å²) < 4.78 is 13.1. The van der Waals surface area contributed by atoms with Crippen molar-refractivity contribution >= 4 is 22.2 Å². The van der Waals surface area contributed by atoms with Gasteiger partial charge in [0.1, 0.15) is 0 Å². The lowest BCUT2D eigenvalue weighted by Crippen LogP contribution is -2.28. The quantitative estimate of drug-likeness (QED) is 0.629. The lowest BCUT2D eigenvalue weighted by molar-refractivity contribution is 0.639. The molecule has 1 N–H and O–H groups in total. The molecule has 1 atom stereocenters. The molecule has 0 saturated carbocycles. The van der Waals surface area contributed by atoms with Crippen molar-refractivity contribution in [3.05, 3.63) is 77.6 Å². The van der Waals surface area contributed by atoms with Crippen molar-refractivity contribution in [2.45, 2.75) is 36.6 Å². The van der Waals surface area contributed by atoms with Gasteiger partial charge in [0.15, 0.2) is 0 Å². The summed E-state index contributed by atoms with van der Waals surface area (Å²) in [7, 11) is -1.13. The average Bonchev–Trinajstić information content (AvgIpc) is 2.73. The Morgan fingerprint density at radius 1 is 1.00 bits per heavy atom. The smallest absolute Gasteiger partial charge is 0.0892 e. The summed E-state index contributed by atoms with van der Waals surface area (Å²) in [6.07, 6.45) is 2.81. The van der Waals surface area contributed by atoms with E-state index < -0.39 is 10.8 Å². The van der Waals surface area contributed by atoms with Gasteiger partial charge in [-0.15, -0.1) is 0 Å². The number of pyridine rings is 1. The largest absolute Gasteiger partial charge is 0.339 e. The van der Waals surface area contributed by atoms with Crippen LogP contribution in [0.1, 0.15) is 23.2 Å². The molecule has 5 heteroatoms. The van der Waals surface area contributed by atoms with E-state index in [1.54, 1.807) is 0 Å². The van der Waals surface area contributed by atoms with Gasteiger partial charge in [0.05, 0.1) is 37.7 Å². The molecular weight excluding hydrogens is 366 g/mol. The standard InChI is InChI=1S/C23H25N3OS/c1-17-11-12-22-23(18(17)2)26(20-9-3-4-10-21(20)28(22)27)15-7-13-24-16-19-8-5-6-14-25-19/h3-6,8-12,14,24H,7,13,15-16H2,1-2H3. The van der Waals surface area contributed by atoms with Gasteiger partial charge in [-0.25, -0.2) is 4.21 Å². The highest BCUT2D eigenvalue weighted by atomic mass is 32.2. The summed E-state index contributed by atoms with van der Waals surface area (Å²) in [5.74, 6) is 0. The van der Waals surface area contributed by atoms with Crippen molar-refractivity contribution in [2.75, 3.05) is 18.0 Å². The molecule has 1 aliphatic rings. The highest BCUT2D eigenvalue weighted by Gasteiger charge is 2.29. The van der Waals surface area contributed by atoms with Crippen molar-refractivity contribution in [3.8, 4) is 0 Å². The molecule has 144 valence electrons. The Labute approximate surface area is 169 Å². The Morgan fingerprint density at radius 2 is 1.82 bits per heavy atom. The Hall–Kier alpha value is -2.50. The molecule has 4 rings (SSSR count). The number of aryl methyl sites for hydroxylation is 1. The lowest BCUT2D eigenvalue weighted by Gasteiger charge is -2.34. The number of para-hydroxylation sites is 1. The fourth-order valence-corrected chi connectivity index (χ4v) is 5.09. The molecular formula is C23H25N3OS. The summed E-state index contributed by atoms with van der Waals surface area (Å²) in [5, 5.41) is 3.47. The van der Waals surface area contributed by atoms with Gasteiger partial charge < -0.3 is 10.2 Å². The number of nitrogens with zero attached hydrogens (tertiary/aromatic N) is 2. The summed E-state index contributed by atoms with van der Waals surface area (Å²) in [6.45, 7) is 6.80. The average molecular weight is 392 g/mol. The predicted molar refractivity (Wildman–Crippen MR) is 115 cm³/mol. The van der Waals surface area contributed by atoms with E-state index in [-0.39, 0.29) is 0 Å². The van der Waals surface area contributed by atoms with Crippen LogP contribution in [0.5, 0.6) is 0 Å². The van der Waals surface area contributed by atoms with E-state index >= 15 is 0 Å². The number of nitrogens with one attached hydrogen (secondary N) is 1. The maximum absolute atomic E-state index is 13.1. The molecule has 0 bridgehead atoms. The first kappa shape index (κ1) is 18.8. The summed E-state index contributed by atoms with van der Waals surface area (Å²) in [4.78, 5) is 8.51. The summed E-state index contributed by atoms with van der Waals surface area (Å²) in [6, 6.07) is 18.1. The zero-order chi connectivity index (χ0) is 19.5. The number of hydrogen-bond acceptors (Lipinski definition) is 4. The molecule has 2 aromatic carbocycles. The van der Waals surface area contributed by atoms with E-state index in [2.05, 4.69) is 41.2 Å². The summed E-state index contributed by atoms with van der Waals surface area (Å²) >= 11 is 0. The van der Waals surface area contributed by atoms with Crippen LogP contribution < -0.4 is 10.2 Å². The van der Waals surface area contributed by atoms with E-state index in [4.69, 9.17) is 0 Å². The zero-order valence-corrected chi connectivity index (χ0v) is 17.1. The Kier molecular flexibility index (Phi) is 5.55. The fraction of sp³-hybridized carbons (Fsp3) is 0.261. The first-order chi connectivity index (χ1) is 13.7. The maximum atomic E-state index is 13.1. The minimum Gasteiger partial charge on any atom is -0.339 e. The molecule has 0 fully saturated rings. The zero-order valence-electron chi connectivity index (χ0n) is 16.3. The second-order valence-corrected chi connectivity index (χ2v) is 8.51. The van der Waals surface area contributed by atoms with Crippen LogP contribution >= 0.6 is 0 Å². The molecule has 3 aromatic rings. The van der Waals surface area contributed by atoms with Crippen LogP contribution in [-0.2, 0) is 17.3 Å². The van der Waals surface area contributed by atoms with E-state index in [9.17, 15) is 4.21 Å². The van der Waals surface area contributed by atoms with Crippen molar-refractivity contribution < 1.29 is 4.21 Å². The minimum absolute atomic E-state index is 0.774. The van der Waals surface area contributed by atoms with Gasteiger partial charge in [-0.2, -0.15) is 0 Å². The second kappa shape index (κ2) is 8.25. The normalized spacial score (nSPS) is 15.2. The lowest BCUT2D eigenvalue weighted by atomic mass is 10.1. The van der Waals surface area contributed by atoms with Crippen LogP contribution in [0.25, 0.3) is 0 Å². The molecule has 0 aliphatic carbocycles. The first-order valence-electron chi connectivity index (χ1n) is 9.66. The van der Waals surface area contributed by atoms with Crippen LogP contribution in [0.2, 0.25) is 0 Å². The molecule has 1 unspecified atom stereocenters. The van der Waals surface area contributed by atoms with Gasteiger partial charge in [0.25, 0.3) is 0 Å². The summed E-state index contributed by atoms with van der Waals surface area (Å²) in [5.41, 5.74) is 5.67. The number of aromatic nitrogens is 1.